The third-order valence-electron chi connectivity index (χ3n) is 3.33. The van der Waals surface area contributed by atoms with Crippen LogP contribution in [0, 0.1) is 0 Å². The lowest BCUT2D eigenvalue weighted by Crippen LogP contribution is -2.47. The van der Waals surface area contributed by atoms with E-state index < -0.39 is 0 Å². The summed E-state index contributed by atoms with van der Waals surface area (Å²) in [5.74, 6) is 0.784. The van der Waals surface area contributed by atoms with Gasteiger partial charge in [0.05, 0.1) is 26.4 Å². The number of hydrogen-bond acceptors (Lipinski definition) is 4. The van der Waals surface area contributed by atoms with E-state index in [2.05, 4.69) is 10.2 Å². The molecule has 5 heteroatoms. The summed E-state index contributed by atoms with van der Waals surface area (Å²) in [5, 5.41) is 2.91. The smallest absolute Gasteiger partial charge is 0.241 e. The number of methoxy groups -OCH3 is 1. The molecule has 2 rings (SSSR count). The number of carbonyl (C=O) groups is 1. The topological polar surface area (TPSA) is 50.8 Å². The molecule has 1 N–H and O–H groups in total. The van der Waals surface area contributed by atoms with Gasteiger partial charge in [-0.15, -0.1) is 0 Å². The minimum atomic E-state index is -0.147. The summed E-state index contributed by atoms with van der Waals surface area (Å²) in [6.07, 6.45) is 0. The van der Waals surface area contributed by atoms with Crippen molar-refractivity contribution >= 4 is 11.6 Å². The van der Waals surface area contributed by atoms with E-state index in [0.717, 1.165) is 24.5 Å². The molecule has 5 nitrogen and oxygen atoms in total. The zero-order valence-electron chi connectivity index (χ0n) is 11.4. The van der Waals surface area contributed by atoms with E-state index >= 15 is 0 Å². The van der Waals surface area contributed by atoms with Gasteiger partial charge >= 0.3 is 0 Å². The van der Waals surface area contributed by atoms with Gasteiger partial charge in [-0.1, -0.05) is 0 Å². The minimum Gasteiger partial charge on any atom is -0.497 e. The van der Waals surface area contributed by atoms with Crippen LogP contribution in [0.4, 0.5) is 5.69 Å². The molecule has 1 aromatic carbocycles. The lowest BCUT2D eigenvalue weighted by molar-refractivity contribution is -0.122. The van der Waals surface area contributed by atoms with Gasteiger partial charge in [0.25, 0.3) is 0 Å². The number of carbonyl (C=O) groups excluding carboxylic acids is 1. The molecule has 1 amide bonds. The highest BCUT2D eigenvalue weighted by Crippen LogP contribution is 2.15. The first kappa shape index (κ1) is 13.8. The van der Waals surface area contributed by atoms with Crippen LogP contribution in [-0.2, 0) is 9.53 Å². The maximum Gasteiger partial charge on any atom is 0.241 e. The molecule has 1 aliphatic rings. The molecule has 0 aliphatic carbocycles. The Balaban J connectivity index is 1.91. The van der Waals surface area contributed by atoms with E-state index in [1.54, 1.807) is 7.11 Å². The second-order valence-corrected chi connectivity index (χ2v) is 4.54. The fraction of sp³-hybridized carbons (Fsp3) is 0.500. The van der Waals surface area contributed by atoms with E-state index in [1.165, 1.54) is 0 Å². The third-order valence-corrected chi connectivity index (χ3v) is 3.33. The normalized spacial score (nSPS) is 17.8. The van der Waals surface area contributed by atoms with Gasteiger partial charge in [-0.25, -0.2) is 0 Å². The van der Waals surface area contributed by atoms with Crippen molar-refractivity contribution < 1.29 is 14.3 Å². The number of nitrogens with zero attached hydrogens (tertiary/aromatic N) is 1. The lowest BCUT2D eigenvalue weighted by Gasteiger charge is -2.31. The number of hydrogen-bond donors (Lipinski definition) is 1. The molecule has 1 unspecified atom stereocenters. The highest BCUT2D eigenvalue weighted by molar-refractivity contribution is 5.94. The summed E-state index contributed by atoms with van der Waals surface area (Å²) in [6, 6.07) is 7.18. The molecular formula is C14H20N2O3. The third kappa shape index (κ3) is 3.68. The first-order valence-electron chi connectivity index (χ1n) is 6.47. The SMILES string of the molecule is COc1ccc(NC(=O)C(C)N2CCOCC2)cc1. The molecule has 19 heavy (non-hydrogen) atoms. The second kappa shape index (κ2) is 6.54. The molecule has 1 saturated heterocycles. The molecule has 0 aromatic heterocycles. The summed E-state index contributed by atoms with van der Waals surface area (Å²) in [4.78, 5) is 14.3. The standard InChI is InChI=1S/C14H20N2O3/c1-11(16-7-9-19-10-8-16)14(17)15-12-3-5-13(18-2)6-4-12/h3-6,11H,7-10H2,1-2H3,(H,15,17). The summed E-state index contributed by atoms with van der Waals surface area (Å²) in [5.41, 5.74) is 0.783. The molecular weight excluding hydrogens is 244 g/mol. The van der Waals surface area contributed by atoms with Crippen molar-refractivity contribution in [3.8, 4) is 5.75 Å². The molecule has 0 spiro atoms. The van der Waals surface area contributed by atoms with Crippen molar-refractivity contribution in [3.05, 3.63) is 24.3 Å². The Hall–Kier alpha value is -1.59. The van der Waals surface area contributed by atoms with Gasteiger partial charge in [0, 0.05) is 18.8 Å². The molecule has 1 fully saturated rings. The van der Waals surface area contributed by atoms with Crippen LogP contribution >= 0.6 is 0 Å². The predicted molar refractivity (Wildman–Crippen MR) is 73.5 cm³/mol. The summed E-state index contributed by atoms with van der Waals surface area (Å²) in [6.45, 7) is 4.92. The maximum atomic E-state index is 12.1. The van der Waals surface area contributed by atoms with E-state index in [-0.39, 0.29) is 11.9 Å². The van der Waals surface area contributed by atoms with Crippen molar-refractivity contribution in [2.75, 3.05) is 38.7 Å². The fourth-order valence-electron chi connectivity index (χ4n) is 2.05. The van der Waals surface area contributed by atoms with Gasteiger partial charge in [0.2, 0.25) is 5.91 Å². The van der Waals surface area contributed by atoms with Crippen LogP contribution < -0.4 is 10.1 Å². The largest absolute Gasteiger partial charge is 0.497 e. The van der Waals surface area contributed by atoms with Crippen molar-refractivity contribution in [1.82, 2.24) is 4.90 Å². The average Bonchev–Trinajstić information content (AvgIpc) is 2.48. The van der Waals surface area contributed by atoms with Crippen molar-refractivity contribution in [3.63, 3.8) is 0 Å². The first-order chi connectivity index (χ1) is 9.20. The van der Waals surface area contributed by atoms with Crippen LogP contribution in [0.3, 0.4) is 0 Å². The lowest BCUT2D eigenvalue weighted by atomic mass is 10.2. The molecule has 0 saturated carbocycles. The number of amides is 1. The quantitative estimate of drug-likeness (QED) is 0.892. The number of benzene rings is 1. The Morgan fingerprint density at radius 1 is 1.32 bits per heavy atom. The molecule has 0 radical (unpaired) electrons. The molecule has 1 atom stereocenters. The molecule has 1 aromatic rings. The average molecular weight is 264 g/mol. The number of anilines is 1. The van der Waals surface area contributed by atoms with Crippen LogP contribution in [-0.4, -0.2) is 50.3 Å². The summed E-state index contributed by atoms with van der Waals surface area (Å²) < 4.78 is 10.4. The molecule has 0 bridgehead atoms. The zero-order valence-corrected chi connectivity index (χ0v) is 11.4. The van der Waals surface area contributed by atoms with Crippen LogP contribution in [0.25, 0.3) is 0 Å². The second-order valence-electron chi connectivity index (χ2n) is 4.54. The van der Waals surface area contributed by atoms with Crippen molar-refractivity contribution in [2.45, 2.75) is 13.0 Å². The number of morpholine rings is 1. The number of nitrogens with one attached hydrogen (secondary N) is 1. The Morgan fingerprint density at radius 2 is 1.95 bits per heavy atom. The zero-order chi connectivity index (χ0) is 13.7. The van der Waals surface area contributed by atoms with Gasteiger partial charge in [-0.05, 0) is 31.2 Å². The van der Waals surface area contributed by atoms with Gasteiger partial charge in [0.15, 0.2) is 0 Å². The number of ether oxygens (including phenoxy) is 2. The Bertz CT molecular complexity index is 413. The van der Waals surface area contributed by atoms with Crippen LogP contribution in [0.5, 0.6) is 5.75 Å². The van der Waals surface area contributed by atoms with Crippen LogP contribution in [0.15, 0.2) is 24.3 Å². The minimum absolute atomic E-state index is 0.00654. The van der Waals surface area contributed by atoms with Gasteiger partial charge in [-0.2, -0.15) is 0 Å². The van der Waals surface area contributed by atoms with E-state index in [4.69, 9.17) is 9.47 Å². The molecule has 1 heterocycles. The van der Waals surface area contributed by atoms with E-state index in [9.17, 15) is 4.79 Å². The predicted octanol–water partition coefficient (Wildman–Crippen LogP) is 1.35. The van der Waals surface area contributed by atoms with Gasteiger partial charge < -0.3 is 14.8 Å². The Kier molecular flexibility index (Phi) is 4.76. The molecule has 104 valence electrons. The number of rotatable bonds is 4. The first-order valence-corrected chi connectivity index (χ1v) is 6.47. The summed E-state index contributed by atoms with van der Waals surface area (Å²) >= 11 is 0. The molecule has 1 aliphatic heterocycles. The van der Waals surface area contributed by atoms with E-state index in [1.807, 2.05) is 31.2 Å². The monoisotopic (exact) mass is 264 g/mol. The van der Waals surface area contributed by atoms with Crippen LogP contribution in [0.1, 0.15) is 6.92 Å². The van der Waals surface area contributed by atoms with Crippen molar-refractivity contribution in [1.29, 1.82) is 0 Å². The maximum absolute atomic E-state index is 12.1. The van der Waals surface area contributed by atoms with E-state index in [0.29, 0.717) is 13.2 Å². The van der Waals surface area contributed by atoms with Gasteiger partial charge in [0.1, 0.15) is 5.75 Å². The Morgan fingerprint density at radius 3 is 2.53 bits per heavy atom. The Labute approximate surface area is 113 Å². The summed E-state index contributed by atoms with van der Waals surface area (Å²) in [7, 11) is 1.62. The van der Waals surface area contributed by atoms with Gasteiger partial charge in [-0.3, -0.25) is 9.69 Å². The highest BCUT2D eigenvalue weighted by Gasteiger charge is 2.22. The van der Waals surface area contributed by atoms with Crippen molar-refractivity contribution in [2.24, 2.45) is 0 Å². The highest BCUT2D eigenvalue weighted by atomic mass is 16.5. The fourth-order valence-corrected chi connectivity index (χ4v) is 2.05. The van der Waals surface area contributed by atoms with Crippen LogP contribution in [0.2, 0.25) is 0 Å².